The summed E-state index contributed by atoms with van der Waals surface area (Å²) in [7, 11) is 0. The minimum Gasteiger partial charge on any atom is -0.457 e. The zero-order chi connectivity index (χ0) is 39.5. The molecule has 58 heavy (non-hydrogen) atoms. The van der Waals surface area contributed by atoms with Crippen LogP contribution in [0.25, 0.3) is 27.7 Å². The Kier molecular flexibility index (Phi) is 8.39. The van der Waals surface area contributed by atoms with Crippen molar-refractivity contribution in [3.8, 4) is 22.6 Å². The van der Waals surface area contributed by atoms with Crippen LogP contribution in [-0.2, 0) is 9.59 Å². The van der Waals surface area contributed by atoms with Gasteiger partial charge in [-0.3, -0.25) is 34.1 Å². The second-order valence-electron chi connectivity index (χ2n) is 14.7. The first kappa shape index (κ1) is 35.0. The van der Waals surface area contributed by atoms with Crippen LogP contribution in [0.4, 0.5) is 17.2 Å². The summed E-state index contributed by atoms with van der Waals surface area (Å²) >= 11 is 0. The molecular weight excluding hydrogens is 739 g/mol. The first-order valence-electron chi connectivity index (χ1n) is 19.0. The molecule has 2 N–H and O–H groups in total. The Bertz CT molecular complexity index is 2820. The lowest BCUT2D eigenvalue weighted by Crippen LogP contribution is -2.54. The highest BCUT2D eigenvalue weighted by molar-refractivity contribution is 6.23. The molecule has 16 nitrogen and oxygen atoms in total. The Morgan fingerprint density at radius 3 is 2.52 bits per heavy atom. The van der Waals surface area contributed by atoms with Crippen molar-refractivity contribution in [3.05, 3.63) is 115 Å². The summed E-state index contributed by atoms with van der Waals surface area (Å²) in [4.78, 5) is 67.2. The summed E-state index contributed by atoms with van der Waals surface area (Å²) in [6.45, 7) is 3.45. The van der Waals surface area contributed by atoms with E-state index in [1.54, 1.807) is 23.0 Å². The van der Waals surface area contributed by atoms with Gasteiger partial charge in [-0.05, 0) is 91.9 Å². The van der Waals surface area contributed by atoms with E-state index in [0.29, 0.717) is 17.2 Å². The van der Waals surface area contributed by atoms with Gasteiger partial charge >= 0.3 is 0 Å². The molecule has 0 saturated carbocycles. The number of piperidine rings is 2. The molecule has 10 rings (SSSR count). The number of carbonyl (C=O) groups excluding carboxylic acids is 4. The monoisotopic (exact) mass is 773 g/mol. The molecule has 0 aliphatic carbocycles. The Balaban J connectivity index is 0.808. The van der Waals surface area contributed by atoms with Crippen molar-refractivity contribution in [1.82, 2.24) is 44.6 Å². The first-order valence-corrected chi connectivity index (χ1v) is 19.0. The normalized spacial score (nSPS) is 17.3. The third-order valence-corrected chi connectivity index (χ3v) is 11.1. The number of nitrogens with one attached hydrogen (secondary N) is 2. The van der Waals surface area contributed by atoms with Crippen LogP contribution in [0.15, 0.2) is 98.0 Å². The number of aromatic nitrogens is 7. The highest BCUT2D eigenvalue weighted by Crippen LogP contribution is 2.35. The number of amides is 4. The van der Waals surface area contributed by atoms with Gasteiger partial charge in [0, 0.05) is 60.3 Å². The quantitative estimate of drug-likeness (QED) is 0.182. The fourth-order valence-corrected chi connectivity index (χ4v) is 8.03. The van der Waals surface area contributed by atoms with Gasteiger partial charge in [-0.15, -0.1) is 0 Å². The molecule has 16 heteroatoms. The van der Waals surface area contributed by atoms with Crippen molar-refractivity contribution in [2.75, 3.05) is 23.3 Å². The molecule has 288 valence electrons. The van der Waals surface area contributed by atoms with Crippen LogP contribution in [-0.4, -0.2) is 82.0 Å². The van der Waals surface area contributed by atoms with Crippen molar-refractivity contribution >= 4 is 57.4 Å². The minimum atomic E-state index is -0.992. The largest absolute Gasteiger partial charge is 0.457 e. The molecule has 1 unspecified atom stereocenters. The molecule has 3 aliphatic rings. The summed E-state index contributed by atoms with van der Waals surface area (Å²) < 4.78 is 9.86. The number of rotatable bonds is 8. The zero-order valence-electron chi connectivity index (χ0n) is 31.2. The Morgan fingerprint density at radius 1 is 0.810 bits per heavy atom. The number of ether oxygens (including phenoxy) is 1. The number of carbonyl (C=O) groups is 4. The third kappa shape index (κ3) is 6.24. The number of imide groups is 2. The molecule has 4 amide bonds. The molecule has 7 heterocycles. The van der Waals surface area contributed by atoms with Gasteiger partial charge < -0.3 is 15.0 Å². The predicted octanol–water partition coefficient (Wildman–Crippen LogP) is 5.62. The van der Waals surface area contributed by atoms with Crippen molar-refractivity contribution < 1.29 is 23.9 Å². The Labute approximate surface area is 330 Å². The number of nitrogens with zero attached hydrogens (tertiary/aromatic N) is 9. The summed E-state index contributed by atoms with van der Waals surface area (Å²) in [6, 6.07) is 20.1. The lowest BCUT2D eigenvalue weighted by molar-refractivity contribution is -0.136. The summed E-state index contributed by atoms with van der Waals surface area (Å²) in [5, 5.41) is 15.5. The van der Waals surface area contributed by atoms with Crippen LogP contribution in [0.5, 0.6) is 11.5 Å². The second kappa shape index (κ2) is 13.9. The highest BCUT2D eigenvalue weighted by Gasteiger charge is 2.44. The van der Waals surface area contributed by atoms with Crippen LogP contribution in [0.2, 0.25) is 0 Å². The van der Waals surface area contributed by atoms with Crippen molar-refractivity contribution in [1.29, 1.82) is 0 Å². The maximum Gasteiger partial charge on any atom is 0.262 e. The molecule has 7 aromatic rings. The van der Waals surface area contributed by atoms with Crippen LogP contribution in [0.3, 0.4) is 0 Å². The van der Waals surface area contributed by atoms with Gasteiger partial charge in [0.1, 0.15) is 36.0 Å². The Morgan fingerprint density at radius 2 is 1.67 bits per heavy atom. The third-order valence-electron chi connectivity index (χ3n) is 11.1. The smallest absolute Gasteiger partial charge is 0.262 e. The molecule has 0 spiro atoms. The summed E-state index contributed by atoms with van der Waals surface area (Å²) in [5.74, 6) is 0.0397. The highest BCUT2D eigenvalue weighted by atomic mass is 16.5. The molecule has 2 saturated heterocycles. The summed E-state index contributed by atoms with van der Waals surface area (Å²) in [6.07, 6.45) is 10.7. The average molecular weight is 774 g/mol. The predicted molar refractivity (Wildman–Crippen MR) is 212 cm³/mol. The fraction of sp³-hybridized carbons (Fsp3) is 0.214. The number of anilines is 3. The van der Waals surface area contributed by atoms with Crippen molar-refractivity contribution in [2.45, 2.75) is 44.7 Å². The van der Waals surface area contributed by atoms with Crippen molar-refractivity contribution in [3.63, 3.8) is 0 Å². The topological polar surface area (TPSA) is 182 Å². The van der Waals surface area contributed by atoms with Crippen LogP contribution in [0, 0.1) is 6.92 Å². The van der Waals surface area contributed by atoms with E-state index in [1.807, 2.05) is 72.5 Å². The molecule has 3 aliphatic heterocycles. The van der Waals surface area contributed by atoms with E-state index in [9.17, 15) is 19.2 Å². The Hall–Kier alpha value is -7.49. The van der Waals surface area contributed by atoms with Crippen molar-refractivity contribution in [2.24, 2.45) is 0 Å². The SMILES string of the molecule is Cc1cc(Nc2ncnc3ccc(-c4cnn(C5CCN(c6ccc7c(c6)C(=O)N(C6CCC(=O)NC6=O)C7=O)CC5)c4)cc23)ccc1Oc1ccn2ncnc2c1. The lowest BCUT2D eigenvalue weighted by Gasteiger charge is -2.33. The number of hydrogen-bond donors (Lipinski definition) is 2. The van der Waals surface area contributed by atoms with Gasteiger partial charge in [-0.1, -0.05) is 6.07 Å². The number of benzene rings is 3. The van der Waals surface area contributed by atoms with Crippen LogP contribution < -0.4 is 20.3 Å². The number of aryl methyl sites for hydroxylation is 1. The van der Waals surface area contributed by atoms with E-state index in [4.69, 9.17) is 9.84 Å². The number of hydrogen-bond acceptors (Lipinski definition) is 12. The van der Waals surface area contributed by atoms with Gasteiger partial charge in [0.05, 0.1) is 28.9 Å². The lowest BCUT2D eigenvalue weighted by atomic mass is 10.0. The van der Waals surface area contributed by atoms with E-state index in [0.717, 1.165) is 75.5 Å². The van der Waals surface area contributed by atoms with Crippen LogP contribution in [0.1, 0.15) is 58.0 Å². The molecule has 0 bridgehead atoms. The molecule has 4 aromatic heterocycles. The number of fused-ring (bicyclic) bond motifs is 3. The van der Waals surface area contributed by atoms with E-state index in [1.165, 1.54) is 6.33 Å². The van der Waals surface area contributed by atoms with Gasteiger partial charge in [0.2, 0.25) is 11.8 Å². The van der Waals surface area contributed by atoms with Gasteiger partial charge in [0.15, 0.2) is 5.65 Å². The average Bonchev–Trinajstić information content (AvgIpc) is 3.98. The molecular formula is C42H35N11O5. The van der Waals surface area contributed by atoms with E-state index < -0.39 is 29.7 Å². The van der Waals surface area contributed by atoms with Crippen LogP contribution >= 0.6 is 0 Å². The molecule has 0 radical (unpaired) electrons. The standard InChI is InChI=1S/C42H35N11O5/c1-24-16-27(3-8-36(24)58-30-12-15-51-37(19-30)44-23-47-51)48-39-33-17-25(2-6-34(33)43-22-45-39)26-20-46-52(21-26)28-10-13-50(14-11-28)29-4-5-31-32(18-29)42(57)53(41(31)56)35-7-9-38(54)49-40(35)55/h2-6,8,12,15-23,28,35H,7,9-11,13-14H2,1H3,(H,43,45,48)(H,49,54,55). The van der Waals surface area contributed by atoms with E-state index in [2.05, 4.69) is 47.8 Å². The maximum atomic E-state index is 13.4. The van der Waals surface area contributed by atoms with Gasteiger partial charge in [-0.25, -0.2) is 19.5 Å². The molecule has 3 aromatic carbocycles. The van der Waals surface area contributed by atoms with Gasteiger partial charge in [0.25, 0.3) is 11.8 Å². The first-order chi connectivity index (χ1) is 28.3. The molecule has 1 atom stereocenters. The zero-order valence-corrected chi connectivity index (χ0v) is 31.2. The van der Waals surface area contributed by atoms with E-state index >= 15 is 0 Å². The number of pyridine rings is 1. The minimum absolute atomic E-state index is 0.0795. The van der Waals surface area contributed by atoms with E-state index in [-0.39, 0.29) is 30.0 Å². The fourth-order valence-electron chi connectivity index (χ4n) is 8.03. The molecule has 2 fully saturated rings. The second-order valence-corrected chi connectivity index (χ2v) is 14.7. The van der Waals surface area contributed by atoms with Gasteiger partial charge in [-0.2, -0.15) is 10.2 Å². The maximum absolute atomic E-state index is 13.4. The summed E-state index contributed by atoms with van der Waals surface area (Å²) in [5.41, 5.74) is 6.67.